The highest BCUT2D eigenvalue weighted by molar-refractivity contribution is 7.92. The van der Waals surface area contributed by atoms with E-state index < -0.39 is 20.7 Å². The van der Waals surface area contributed by atoms with Gasteiger partial charge >= 0.3 is 0 Å². The lowest BCUT2D eigenvalue weighted by Gasteiger charge is -2.25. The van der Waals surface area contributed by atoms with Crippen LogP contribution in [0, 0.1) is 5.82 Å². The molecule has 5 rings (SSSR count). The number of sulfonamides is 1. The quantitative estimate of drug-likeness (QED) is 0.644. The third kappa shape index (κ3) is 2.80. The first-order chi connectivity index (χ1) is 14.4. The molecular formula is C21H19FN2O5S. The number of anilines is 1. The predicted octanol–water partition coefficient (Wildman–Crippen LogP) is 3.37. The molecule has 1 saturated carbocycles. The van der Waals surface area contributed by atoms with E-state index in [0.717, 1.165) is 35.6 Å². The Bertz CT molecular complexity index is 1260. The van der Waals surface area contributed by atoms with Gasteiger partial charge in [0.1, 0.15) is 11.6 Å². The van der Waals surface area contributed by atoms with E-state index in [2.05, 4.69) is 9.88 Å². The van der Waals surface area contributed by atoms with E-state index in [1.54, 1.807) is 0 Å². The zero-order valence-corrected chi connectivity index (χ0v) is 16.9. The average molecular weight is 430 g/mol. The summed E-state index contributed by atoms with van der Waals surface area (Å²) in [5.41, 5.74) is 3.20. The summed E-state index contributed by atoms with van der Waals surface area (Å²) in [4.78, 5) is -0.579. The summed E-state index contributed by atoms with van der Waals surface area (Å²) in [5, 5.41) is 13.5. The largest absolute Gasteiger partial charge is 0.495 e. The molecule has 156 valence electrons. The smallest absolute Gasteiger partial charge is 0.269 e. The Morgan fingerprint density at radius 2 is 2.10 bits per heavy atom. The van der Waals surface area contributed by atoms with Gasteiger partial charge in [0, 0.05) is 16.5 Å². The number of methoxy groups -OCH3 is 1. The number of aromatic nitrogens is 1. The van der Waals surface area contributed by atoms with Crippen molar-refractivity contribution < 1.29 is 27.2 Å². The van der Waals surface area contributed by atoms with E-state index in [1.807, 2.05) is 18.2 Å². The van der Waals surface area contributed by atoms with Crippen molar-refractivity contribution in [2.24, 2.45) is 0 Å². The number of ether oxygens (including phenoxy) is 1. The molecule has 1 spiro atoms. The minimum Gasteiger partial charge on any atom is -0.495 e. The molecule has 2 aliphatic carbocycles. The highest BCUT2D eigenvalue weighted by atomic mass is 32.2. The molecule has 0 bridgehead atoms. The van der Waals surface area contributed by atoms with Crippen LogP contribution in [-0.2, 0) is 28.5 Å². The Kier molecular flexibility index (Phi) is 4.16. The summed E-state index contributed by atoms with van der Waals surface area (Å²) in [7, 11) is -3.03. The first-order valence-corrected chi connectivity index (χ1v) is 11.0. The molecule has 0 aliphatic heterocycles. The van der Waals surface area contributed by atoms with Crippen molar-refractivity contribution in [1.29, 1.82) is 0 Å². The molecule has 7 nitrogen and oxygen atoms in total. The minimum absolute atomic E-state index is 0.0432. The summed E-state index contributed by atoms with van der Waals surface area (Å²) < 4.78 is 53.2. The summed E-state index contributed by atoms with van der Waals surface area (Å²) >= 11 is 0. The Morgan fingerprint density at radius 1 is 1.30 bits per heavy atom. The molecule has 0 amide bonds. The molecule has 0 atom stereocenters. The van der Waals surface area contributed by atoms with Gasteiger partial charge in [0.2, 0.25) is 0 Å². The van der Waals surface area contributed by atoms with Crippen LogP contribution in [0.2, 0.25) is 0 Å². The first-order valence-electron chi connectivity index (χ1n) is 9.47. The molecule has 1 heterocycles. The summed E-state index contributed by atoms with van der Waals surface area (Å²) in [6.45, 7) is -0.115. The van der Waals surface area contributed by atoms with Crippen molar-refractivity contribution in [2.75, 3.05) is 11.8 Å². The van der Waals surface area contributed by atoms with Gasteiger partial charge in [-0.15, -0.1) is 0 Å². The number of aliphatic hydroxyl groups excluding tert-OH is 1. The lowest BCUT2D eigenvalue weighted by atomic mass is 9.79. The van der Waals surface area contributed by atoms with Gasteiger partial charge in [0.25, 0.3) is 10.0 Å². The lowest BCUT2D eigenvalue weighted by Crippen LogP contribution is -2.20. The van der Waals surface area contributed by atoms with E-state index in [0.29, 0.717) is 17.7 Å². The second kappa shape index (κ2) is 6.55. The fourth-order valence-corrected chi connectivity index (χ4v) is 5.48. The SMILES string of the molecule is COc1cccc(F)c1S(=O)(=O)Nc1noc2c1CC1(CC1)c1ccc(CO)cc1-2. The van der Waals surface area contributed by atoms with Gasteiger partial charge in [-0.2, -0.15) is 0 Å². The fraction of sp³-hybridized carbons (Fsp3) is 0.286. The molecule has 9 heteroatoms. The van der Waals surface area contributed by atoms with E-state index in [9.17, 15) is 17.9 Å². The monoisotopic (exact) mass is 430 g/mol. The van der Waals surface area contributed by atoms with Gasteiger partial charge in [-0.1, -0.05) is 23.4 Å². The first kappa shape index (κ1) is 19.1. The Balaban J connectivity index is 1.59. The molecular weight excluding hydrogens is 411 g/mol. The number of benzene rings is 2. The van der Waals surface area contributed by atoms with Crippen molar-refractivity contribution in [1.82, 2.24) is 5.16 Å². The van der Waals surface area contributed by atoms with Crippen LogP contribution in [0.15, 0.2) is 45.8 Å². The summed E-state index contributed by atoms with van der Waals surface area (Å²) in [5.74, 6) is -0.509. The number of nitrogens with zero attached hydrogens (tertiary/aromatic N) is 1. The fourth-order valence-electron chi connectivity index (χ4n) is 4.22. The average Bonchev–Trinajstić information content (AvgIpc) is 3.40. The van der Waals surface area contributed by atoms with E-state index in [1.165, 1.54) is 19.2 Å². The number of rotatable bonds is 5. The zero-order chi connectivity index (χ0) is 21.1. The molecule has 1 aromatic heterocycles. The van der Waals surface area contributed by atoms with Gasteiger partial charge in [-0.25, -0.2) is 12.8 Å². The number of aliphatic hydroxyl groups is 1. The van der Waals surface area contributed by atoms with Crippen LogP contribution < -0.4 is 9.46 Å². The van der Waals surface area contributed by atoms with Crippen LogP contribution in [-0.4, -0.2) is 25.8 Å². The Hall–Kier alpha value is -2.91. The van der Waals surface area contributed by atoms with E-state index >= 15 is 0 Å². The maximum absolute atomic E-state index is 14.3. The molecule has 0 radical (unpaired) electrons. The second-order valence-corrected chi connectivity index (χ2v) is 9.33. The van der Waals surface area contributed by atoms with Crippen molar-refractivity contribution in [3.8, 4) is 17.1 Å². The topological polar surface area (TPSA) is 102 Å². The molecule has 1 fully saturated rings. The van der Waals surface area contributed by atoms with Crippen LogP contribution in [0.1, 0.15) is 29.5 Å². The molecule has 0 saturated heterocycles. The van der Waals surface area contributed by atoms with Crippen LogP contribution in [0.4, 0.5) is 10.2 Å². The van der Waals surface area contributed by atoms with Crippen LogP contribution >= 0.6 is 0 Å². The Labute approximate surface area is 172 Å². The highest BCUT2D eigenvalue weighted by Crippen LogP contribution is 2.58. The third-order valence-corrected chi connectivity index (χ3v) is 7.29. The van der Waals surface area contributed by atoms with Crippen molar-refractivity contribution in [3.05, 3.63) is 58.9 Å². The van der Waals surface area contributed by atoms with Crippen molar-refractivity contribution in [3.63, 3.8) is 0 Å². The van der Waals surface area contributed by atoms with Crippen LogP contribution in [0.3, 0.4) is 0 Å². The molecule has 2 aromatic carbocycles. The van der Waals surface area contributed by atoms with Gasteiger partial charge in [-0.3, -0.25) is 4.72 Å². The summed E-state index contributed by atoms with van der Waals surface area (Å²) in [6.07, 6.45) is 2.51. The number of hydrogen-bond donors (Lipinski definition) is 2. The van der Waals surface area contributed by atoms with Gasteiger partial charge < -0.3 is 14.4 Å². The lowest BCUT2D eigenvalue weighted by molar-refractivity contribution is 0.282. The van der Waals surface area contributed by atoms with Crippen molar-refractivity contribution in [2.45, 2.75) is 36.2 Å². The molecule has 3 aromatic rings. The number of fused-ring (bicyclic) bond motifs is 4. The number of halogens is 1. The maximum Gasteiger partial charge on any atom is 0.269 e. The van der Waals surface area contributed by atoms with Crippen LogP contribution in [0.25, 0.3) is 11.3 Å². The highest BCUT2D eigenvalue weighted by Gasteiger charge is 2.50. The van der Waals surface area contributed by atoms with Crippen molar-refractivity contribution >= 4 is 15.8 Å². The summed E-state index contributed by atoms with van der Waals surface area (Å²) in [6, 6.07) is 9.53. The molecule has 0 unspecified atom stereocenters. The maximum atomic E-state index is 14.3. The number of hydrogen-bond acceptors (Lipinski definition) is 6. The van der Waals surface area contributed by atoms with Gasteiger partial charge in [-0.05, 0) is 48.6 Å². The second-order valence-electron chi connectivity index (χ2n) is 7.71. The van der Waals surface area contributed by atoms with E-state index in [4.69, 9.17) is 9.26 Å². The molecule has 2 N–H and O–H groups in total. The van der Waals surface area contributed by atoms with E-state index in [-0.39, 0.29) is 23.6 Å². The molecule has 2 aliphatic rings. The third-order valence-electron chi connectivity index (χ3n) is 5.89. The minimum atomic E-state index is -4.31. The van der Waals surface area contributed by atoms with Gasteiger partial charge in [0.05, 0.1) is 13.7 Å². The normalized spacial score (nSPS) is 16.1. The zero-order valence-electron chi connectivity index (χ0n) is 16.1. The standard InChI is InChI=1S/C21H19FN2O5S/c1-28-17-4-2-3-16(22)19(17)30(26,27)24-20-14-10-21(7-8-21)15-6-5-12(11-25)9-13(15)18(14)29-23-20/h2-6,9,25H,7-8,10-11H2,1H3,(H,23,24). The number of nitrogens with one attached hydrogen (secondary N) is 1. The molecule has 30 heavy (non-hydrogen) atoms. The Morgan fingerprint density at radius 3 is 2.80 bits per heavy atom. The van der Waals surface area contributed by atoms with Gasteiger partial charge in [0.15, 0.2) is 16.5 Å². The predicted molar refractivity (Wildman–Crippen MR) is 106 cm³/mol. The van der Waals surface area contributed by atoms with Crippen LogP contribution in [0.5, 0.6) is 5.75 Å².